The van der Waals surface area contributed by atoms with E-state index < -0.39 is 0 Å². The number of aliphatic imine (C=N–C) groups is 1. The van der Waals surface area contributed by atoms with Crippen LogP contribution < -0.4 is 10.1 Å². The van der Waals surface area contributed by atoms with Gasteiger partial charge in [-0.25, -0.2) is 4.99 Å². The van der Waals surface area contributed by atoms with Crippen molar-refractivity contribution in [3.8, 4) is 5.75 Å². The number of nitrogens with zero attached hydrogens (tertiary/aromatic N) is 1. The van der Waals surface area contributed by atoms with E-state index in [0.29, 0.717) is 29.8 Å². The lowest BCUT2D eigenvalue weighted by Gasteiger charge is -2.12. The van der Waals surface area contributed by atoms with Gasteiger partial charge in [-0.1, -0.05) is 11.6 Å². The van der Waals surface area contributed by atoms with E-state index in [4.69, 9.17) is 21.1 Å². The van der Waals surface area contributed by atoms with Gasteiger partial charge in [0.15, 0.2) is 0 Å². The number of ether oxygens (including phenoxy) is 2. The van der Waals surface area contributed by atoms with Crippen LogP contribution >= 0.6 is 11.6 Å². The first-order valence-corrected chi connectivity index (χ1v) is 5.37. The van der Waals surface area contributed by atoms with Gasteiger partial charge in [0.25, 0.3) is 0 Å². The molecule has 0 bridgehead atoms. The highest BCUT2D eigenvalue weighted by atomic mass is 35.5. The van der Waals surface area contributed by atoms with Crippen LogP contribution in [0.15, 0.2) is 17.1 Å². The van der Waals surface area contributed by atoms with Gasteiger partial charge in [0.05, 0.1) is 29.9 Å². The quantitative estimate of drug-likeness (QED) is 0.881. The molecular formula is C11H13ClN2O2. The molecule has 0 radical (unpaired) electrons. The van der Waals surface area contributed by atoms with Gasteiger partial charge in [0.2, 0.25) is 5.90 Å². The van der Waals surface area contributed by atoms with Crippen molar-refractivity contribution in [2.24, 2.45) is 4.99 Å². The Morgan fingerprint density at radius 1 is 1.50 bits per heavy atom. The second-order valence-corrected chi connectivity index (χ2v) is 3.72. The molecule has 1 aliphatic rings. The van der Waals surface area contributed by atoms with Gasteiger partial charge >= 0.3 is 0 Å². The third kappa shape index (κ3) is 1.93. The number of halogens is 1. The highest BCUT2D eigenvalue weighted by molar-refractivity contribution is 6.33. The SMILES string of the molecule is CNc1cc(OC)c(C2=NCCO2)cc1Cl. The first kappa shape index (κ1) is 11.1. The molecule has 1 aliphatic heterocycles. The summed E-state index contributed by atoms with van der Waals surface area (Å²) in [5, 5.41) is 3.62. The number of hydrogen-bond acceptors (Lipinski definition) is 4. The van der Waals surface area contributed by atoms with E-state index in [1.54, 1.807) is 13.2 Å². The molecule has 0 aliphatic carbocycles. The van der Waals surface area contributed by atoms with E-state index in [1.807, 2.05) is 13.1 Å². The van der Waals surface area contributed by atoms with Crippen LogP contribution in [0.1, 0.15) is 5.56 Å². The lowest BCUT2D eigenvalue weighted by molar-refractivity contribution is 0.345. The minimum atomic E-state index is 0.599. The highest BCUT2D eigenvalue weighted by Crippen LogP contribution is 2.31. The van der Waals surface area contributed by atoms with E-state index in [0.717, 1.165) is 11.3 Å². The fourth-order valence-electron chi connectivity index (χ4n) is 1.58. The van der Waals surface area contributed by atoms with E-state index in [-0.39, 0.29) is 0 Å². The van der Waals surface area contributed by atoms with Crippen molar-refractivity contribution in [2.75, 3.05) is 32.6 Å². The topological polar surface area (TPSA) is 42.8 Å². The average molecular weight is 241 g/mol. The number of rotatable bonds is 3. The zero-order valence-corrected chi connectivity index (χ0v) is 9.97. The molecule has 1 aromatic carbocycles. The van der Waals surface area contributed by atoms with Crippen molar-refractivity contribution in [1.29, 1.82) is 0 Å². The highest BCUT2D eigenvalue weighted by Gasteiger charge is 2.17. The second kappa shape index (κ2) is 4.61. The Kier molecular flexibility index (Phi) is 3.19. The molecule has 1 N–H and O–H groups in total. The first-order chi connectivity index (χ1) is 7.76. The lowest BCUT2D eigenvalue weighted by atomic mass is 10.1. The Morgan fingerprint density at radius 2 is 2.31 bits per heavy atom. The monoisotopic (exact) mass is 240 g/mol. The van der Waals surface area contributed by atoms with Gasteiger partial charge in [-0.3, -0.25) is 0 Å². The van der Waals surface area contributed by atoms with Gasteiger partial charge < -0.3 is 14.8 Å². The number of benzene rings is 1. The molecule has 5 heteroatoms. The summed E-state index contributed by atoms with van der Waals surface area (Å²) in [4.78, 5) is 4.25. The summed E-state index contributed by atoms with van der Waals surface area (Å²) in [6, 6.07) is 3.64. The molecule has 0 saturated heterocycles. The molecule has 1 aromatic rings. The molecule has 2 rings (SSSR count). The normalized spacial score (nSPS) is 14.3. The average Bonchev–Trinajstić information content (AvgIpc) is 2.82. The molecule has 0 aromatic heterocycles. The smallest absolute Gasteiger partial charge is 0.220 e. The summed E-state index contributed by atoms with van der Waals surface area (Å²) in [5.41, 5.74) is 1.62. The standard InChI is InChI=1S/C11H13ClN2O2/c1-13-9-6-10(15-2)7(5-8(9)12)11-14-3-4-16-11/h5-6,13H,3-4H2,1-2H3. The minimum absolute atomic E-state index is 0.599. The van der Waals surface area contributed by atoms with Gasteiger partial charge in [0, 0.05) is 13.1 Å². The molecule has 0 unspecified atom stereocenters. The molecule has 16 heavy (non-hydrogen) atoms. The fourth-order valence-corrected chi connectivity index (χ4v) is 1.84. The van der Waals surface area contributed by atoms with E-state index >= 15 is 0 Å². The van der Waals surface area contributed by atoms with Crippen LogP contribution in [0, 0.1) is 0 Å². The van der Waals surface area contributed by atoms with Crippen LogP contribution in [0.3, 0.4) is 0 Å². The Labute approximate surface area is 99.2 Å². The van der Waals surface area contributed by atoms with Crippen molar-refractivity contribution >= 4 is 23.2 Å². The van der Waals surface area contributed by atoms with Gasteiger partial charge in [-0.2, -0.15) is 0 Å². The molecule has 0 spiro atoms. The molecular weight excluding hydrogens is 228 g/mol. The van der Waals surface area contributed by atoms with Crippen molar-refractivity contribution in [2.45, 2.75) is 0 Å². The zero-order valence-electron chi connectivity index (χ0n) is 9.21. The molecule has 0 saturated carbocycles. The van der Waals surface area contributed by atoms with Crippen LogP contribution in [-0.4, -0.2) is 33.2 Å². The number of hydrogen-bond donors (Lipinski definition) is 1. The second-order valence-electron chi connectivity index (χ2n) is 3.32. The van der Waals surface area contributed by atoms with Crippen molar-refractivity contribution in [3.63, 3.8) is 0 Å². The van der Waals surface area contributed by atoms with Crippen molar-refractivity contribution < 1.29 is 9.47 Å². The zero-order chi connectivity index (χ0) is 11.5. The number of nitrogens with one attached hydrogen (secondary N) is 1. The maximum atomic E-state index is 6.11. The number of methoxy groups -OCH3 is 1. The Balaban J connectivity index is 2.47. The summed E-state index contributed by atoms with van der Waals surface area (Å²) in [6.45, 7) is 1.30. The maximum absolute atomic E-state index is 6.11. The third-order valence-corrected chi connectivity index (χ3v) is 2.69. The molecule has 1 heterocycles. The van der Waals surface area contributed by atoms with E-state index in [2.05, 4.69) is 10.3 Å². The molecule has 86 valence electrons. The van der Waals surface area contributed by atoms with Gasteiger partial charge in [-0.05, 0) is 6.07 Å². The fraction of sp³-hybridized carbons (Fsp3) is 0.364. The van der Waals surface area contributed by atoms with Crippen LogP contribution in [0.4, 0.5) is 5.69 Å². The third-order valence-electron chi connectivity index (χ3n) is 2.37. The number of anilines is 1. The summed E-state index contributed by atoms with van der Waals surface area (Å²) < 4.78 is 10.7. The van der Waals surface area contributed by atoms with Gasteiger partial charge in [-0.15, -0.1) is 0 Å². The molecule has 0 amide bonds. The summed E-state index contributed by atoms with van der Waals surface area (Å²) >= 11 is 6.11. The van der Waals surface area contributed by atoms with E-state index in [9.17, 15) is 0 Å². The van der Waals surface area contributed by atoms with Crippen LogP contribution in [0.2, 0.25) is 5.02 Å². The van der Waals surface area contributed by atoms with Gasteiger partial charge in [0.1, 0.15) is 12.4 Å². The van der Waals surface area contributed by atoms with Crippen LogP contribution in [-0.2, 0) is 4.74 Å². The minimum Gasteiger partial charge on any atom is -0.496 e. The predicted molar refractivity (Wildman–Crippen MR) is 64.9 cm³/mol. The molecule has 0 fully saturated rings. The maximum Gasteiger partial charge on any atom is 0.220 e. The van der Waals surface area contributed by atoms with Crippen LogP contribution in [0.5, 0.6) is 5.75 Å². The summed E-state index contributed by atoms with van der Waals surface area (Å²) in [5.74, 6) is 1.30. The molecule has 0 atom stereocenters. The largest absolute Gasteiger partial charge is 0.496 e. The van der Waals surface area contributed by atoms with Crippen molar-refractivity contribution in [1.82, 2.24) is 0 Å². The van der Waals surface area contributed by atoms with E-state index in [1.165, 1.54) is 0 Å². The summed E-state index contributed by atoms with van der Waals surface area (Å²) in [6.07, 6.45) is 0. The van der Waals surface area contributed by atoms with Crippen LogP contribution in [0.25, 0.3) is 0 Å². The Bertz CT molecular complexity index is 432. The predicted octanol–water partition coefficient (Wildman–Crippen LogP) is 2.17. The Morgan fingerprint density at radius 3 is 2.88 bits per heavy atom. The Hall–Kier alpha value is -1.42. The molecule has 4 nitrogen and oxygen atoms in total. The van der Waals surface area contributed by atoms with Crippen molar-refractivity contribution in [3.05, 3.63) is 22.7 Å². The lowest BCUT2D eigenvalue weighted by Crippen LogP contribution is -2.05. The summed E-state index contributed by atoms with van der Waals surface area (Å²) in [7, 11) is 3.42. The first-order valence-electron chi connectivity index (χ1n) is 4.99.